The highest BCUT2D eigenvalue weighted by Crippen LogP contribution is 2.44. The molecule has 9 nitrogen and oxygen atoms in total. The minimum atomic E-state index is -2.97. The van der Waals surface area contributed by atoms with Gasteiger partial charge >= 0.3 is 0 Å². The highest BCUT2D eigenvalue weighted by Gasteiger charge is 2.68. The number of rotatable bonds is 5. The summed E-state index contributed by atoms with van der Waals surface area (Å²) in [6.07, 6.45) is -2.46. The van der Waals surface area contributed by atoms with Crippen molar-refractivity contribution >= 4 is 65.4 Å². The van der Waals surface area contributed by atoms with Gasteiger partial charge in [-0.05, 0) is 22.3 Å². The number of nitrogens with zero attached hydrogens (tertiary/aromatic N) is 2. The van der Waals surface area contributed by atoms with Crippen LogP contribution in [0.4, 0.5) is 0 Å². The number of aliphatic hydroxyl groups is 2. The Bertz CT molecular complexity index is 1330. The fourth-order valence-electron chi connectivity index (χ4n) is 6.70. The van der Waals surface area contributed by atoms with E-state index < -0.39 is 54.0 Å². The lowest BCUT2D eigenvalue weighted by Crippen LogP contribution is -2.75. The Hall–Kier alpha value is -2.31. The van der Waals surface area contributed by atoms with Crippen molar-refractivity contribution in [1.82, 2.24) is 20.9 Å². The van der Waals surface area contributed by atoms with Crippen LogP contribution < -0.4 is 26.3 Å². The molecule has 2 saturated heterocycles. The van der Waals surface area contributed by atoms with E-state index >= 15 is 0 Å². The summed E-state index contributed by atoms with van der Waals surface area (Å²) in [4.78, 5) is 19.4. The third-order valence-electron chi connectivity index (χ3n) is 8.50. The summed E-state index contributed by atoms with van der Waals surface area (Å²) in [7, 11) is -2.97. The number of hydrogen-bond acceptors (Lipinski definition) is 8. The number of aliphatic hydroxyl groups excluding tert-OH is 2. The Labute approximate surface area is 262 Å². The maximum absolute atomic E-state index is 12.9. The fourth-order valence-corrected chi connectivity index (χ4v) is 11.4. The normalized spacial score (nSPS) is 29.3. The lowest BCUT2D eigenvalue weighted by atomic mass is 9.89. The van der Waals surface area contributed by atoms with Gasteiger partial charge in [0.15, 0.2) is 5.66 Å². The lowest BCUT2D eigenvalue weighted by Gasteiger charge is -2.49. The van der Waals surface area contributed by atoms with Crippen LogP contribution >= 0.6 is 34.8 Å². The van der Waals surface area contributed by atoms with Crippen molar-refractivity contribution < 1.29 is 19.4 Å². The number of carbonyl (C=O) groups is 1. The standard InChI is InChI=1S/C29H36Cl3N5O4Si/c1-17-22(38)24(39)28-23(33-18(2)36-28)21(34-26(37(17)28)35-25(40)29(30,31)32)16-41-42(27(3,4)5,19-12-8-6-9-13-19)20-14-10-7-11-15-20/h6-15,17,21-24,33,36,38-39H,2,16H2,1,3-5H3,(H,34,35,40)/t17-,21-,22-,23-,24-,28?/m0/s1. The van der Waals surface area contributed by atoms with Crippen molar-refractivity contribution in [3.05, 3.63) is 73.1 Å². The molecule has 1 spiro atoms. The van der Waals surface area contributed by atoms with Crippen LogP contribution in [0.25, 0.3) is 0 Å². The molecule has 13 heteroatoms. The van der Waals surface area contributed by atoms with Gasteiger partial charge < -0.3 is 30.2 Å². The Morgan fingerprint density at radius 2 is 1.64 bits per heavy atom. The predicted molar refractivity (Wildman–Crippen MR) is 168 cm³/mol. The van der Waals surface area contributed by atoms with Gasteiger partial charge in [-0.15, -0.1) is 0 Å². The van der Waals surface area contributed by atoms with Crippen LogP contribution in [0.2, 0.25) is 5.04 Å². The van der Waals surface area contributed by atoms with E-state index in [0.29, 0.717) is 5.82 Å². The highest BCUT2D eigenvalue weighted by atomic mass is 35.6. The van der Waals surface area contributed by atoms with Crippen LogP contribution in [0.5, 0.6) is 0 Å². The molecule has 2 aromatic carbocycles. The monoisotopic (exact) mass is 651 g/mol. The Kier molecular flexibility index (Phi) is 8.15. The molecule has 0 saturated carbocycles. The van der Waals surface area contributed by atoms with E-state index in [0.717, 1.165) is 10.4 Å². The summed E-state index contributed by atoms with van der Waals surface area (Å²) in [5, 5.41) is 33.6. The second-order valence-corrected chi connectivity index (χ2v) is 18.6. The van der Waals surface area contributed by atoms with Gasteiger partial charge in [0.05, 0.1) is 24.5 Å². The molecule has 6 atom stereocenters. The SMILES string of the molecule is C=C1N[C@H]2[C@H](CO[Si](c3ccccc3)(c3ccccc3)C(C)(C)C)N=C(NC(=O)C(Cl)(Cl)Cl)N3[C@@H](C)[C@H](O)[C@H](O)C23N1. The largest absolute Gasteiger partial charge is 0.405 e. The van der Waals surface area contributed by atoms with E-state index in [1.54, 1.807) is 11.8 Å². The zero-order valence-corrected chi connectivity index (χ0v) is 27.1. The number of benzene rings is 2. The topological polar surface area (TPSA) is 118 Å². The average molecular weight is 653 g/mol. The van der Waals surface area contributed by atoms with Gasteiger partial charge in [-0.25, -0.2) is 4.99 Å². The zero-order chi connectivity index (χ0) is 30.7. The summed E-state index contributed by atoms with van der Waals surface area (Å²) in [5.41, 5.74) is -1.31. The summed E-state index contributed by atoms with van der Waals surface area (Å²) in [6, 6.07) is 18.5. The number of hydrogen-bond donors (Lipinski definition) is 5. The first-order valence-electron chi connectivity index (χ1n) is 13.7. The molecule has 1 unspecified atom stereocenters. The summed E-state index contributed by atoms with van der Waals surface area (Å²) in [6.45, 7) is 12.4. The summed E-state index contributed by atoms with van der Waals surface area (Å²) in [5.74, 6) is -0.435. The smallest absolute Gasteiger partial charge is 0.278 e. The lowest BCUT2D eigenvalue weighted by molar-refractivity contribution is -0.119. The quantitative estimate of drug-likeness (QED) is 0.248. The number of amides is 1. The van der Waals surface area contributed by atoms with Crippen LogP contribution in [0.15, 0.2) is 78.1 Å². The molecule has 3 aliphatic heterocycles. The van der Waals surface area contributed by atoms with E-state index in [1.807, 2.05) is 36.4 Å². The Morgan fingerprint density at radius 1 is 1.10 bits per heavy atom. The maximum Gasteiger partial charge on any atom is 0.278 e. The summed E-state index contributed by atoms with van der Waals surface area (Å²) >= 11 is 17.7. The van der Waals surface area contributed by atoms with Crippen LogP contribution in [-0.2, 0) is 9.22 Å². The van der Waals surface area contributed by atoms with Gasteiger partial charge in [-0.3, -0.25) is 10.1 Å². The minimum absolute atomic E-state index is 0.0470. The number of aliphatic imine (C=N–C) groups is 1. The first kappa shape index (κ1) is 31.1. The first-order valence-corrected chi connectivity index (χ1v) is 16.8. The van der Waals surface area contributed by atoms with Gasteiger partial charge in [0, 0.05) is 0 Å². The van der Waals surface area contributed by atoms with Crippen molar-refractivity contribution in [3.8, 4) is 0 Å². The minimum Gasteiger partial charge on any atom is -0.405 e. The van der Waals surface area contributed by atoms with Gasteiger partial charge in [0.1, 0.15) is 18.2 Å². The molecule has 0 bridgehead atoms. The Balaban J connectivity index is 1.63. The highest BCUT2D eigenvalue weighted by molar-refractivity contribution is 6.99. The molecule has 1 amide bonds. The molecule has 2 aromatic rings. The molecule has 2 fully saturated rings. The number of alkyl halides is 3. The number of carbonyl (C=O) groups excluding carboxylic acids is 1. The molecule has 0 aromatic heterocycles. The molecular formula is C29H36Cl3N5O4Si. The molecule has 3 aliphatic rings. The summed E-state index contributed by atoms with van der Waals surface area (Å²) < 4.78 is 4.92. The van der Waals surface area contributed by atoms with Crippen molar-refractivity contribution in [2.75, 3.05) is 6.61 Å². The van der Waals surface area contributed by atoms with E-state index in [-0.39, 0.29) is 17.6 Å². The van der Waals surface area contributed by atoms with Crippen molar-refractivity contribution in [2.24, 2.45) is 4.99 Å². The molecule has 5 N–H and O–H groups in total. The molecule has 0 radical (unpaired) electrons. The Morgan fingerprint density at radius 3 is 2.14 bits per heavy atom. The van der Waals surface area contributed by atoms with Crippen molar-refractivity contribution in [3.63, 3.8) is 0 Å². The fraction of sp³-hybridized carbons (Fsp3) is 0.448. The zero-order valence-electron chi connectivity index (χ0n) is 23.8. The van der Waals surface area contributed by atoms with Crippen molar-refractivity contribution in [2.45, 2.75) is 72.5 Å². The van der Waals surface area contributed by atoms with Crippen LogP contribution in [0.1, 0.15) is 27.7 Å². The van der Waals surface area contributed by atoms with E-state index in [2.05, 4.69) is 67.6 Å². The maximum atomic E-state index is 12.9. The van der Waals surface area contributed by atoms with Gasteiger partial charge in [0.25, 0.3) is 18.0 Å². The average Bonchev–Trinajstić information content (AvgIpc) is 3.38. The number of guanidine groups is 1. The second kappa shape index (κ2) is 11.0. The predicted octanol–water partition coefficient (Wildman–Crippen LogP) is 1.94. The number of nitrogens with one attached hydrogen (secondary N) is 3. The van der Waals surface area contributed by atoms with Crippen LogP contribution in [-0.4, -0.2) is 81.7 Å². The van der Waals surface area contributed by atoms with E-state index in [9.17, 15) is 15.0 Å². The molecule has 42 heavy (non-hydrogen) atoms. The van der Waals surface area contributed by atoms with E-state index in [1.165, 1.54) is 0 Å². The molecule has 3 heterocycles. The van der Waals surface area contributed by atoms with Gasteiger partial charge in [-0.1, -0.05) is 123 Å². The molecular weight excluding hydrogens is 617 g/mol. The first-order chi connectivity index (χ1) is 19.6. The third kappa shape index (κ3) is 4.91. The number of halogens is 3. The van der Waals surface area contributed by atoms with Crippen molar-refractivity contribution in [1.29, 1.82) is 0 Å². The molecule has 0 aliphatic carbocycles. The van der Waals surface area contributed by atoms with Gasteiger partial charge in [0.2, 0.25) is 5.96 Å². The molecule has 5 rings (SSSR count). The van der Waals surface area contributed by atoms with Crippen LogP contribution in [0.3, 0.4) is 0 Å². The second-order valence-electron chi connectivity index (χ2n) is 12.0. The van der Waals surface area contributed by atoms with Gasteiger partial charge in [-0.2, -0.15) is 0 Å². The molecule has 226 valence electrons. The third-order valence-corrected chi connectivity index (χ3v) is 14.0. The van der Waals surface area contributed by atoms with Crippen LogP contribution in [0, 0.1) is 0 Å². The van der Waals surface area contributed by atoms with E-state index in [4.69, 9.17) is 44.2 Å².